The first-order valence-electron chi connectivity index (χ1n) is 5.91. The van der Waals surface area contributed by atoms with Gasteiger partial charge in [-0.15, -0.1) is 0 Å². The van der Waals surface area contributed by atoms with Gasteiger partial charge >= 0.3 is 0 Å². The van der Waals surface area contributed by atoms with Gasteiger partial charge in [0.15, 0.2) is 0 Å². The molecule has 1 aromatic carbocycles. The third-order valence-corrected chi connectivity index (χ3v) is 3.13. The fraction of sp³-hybridized carbons (Fsp3) is 0.500. The SMILES string of the molecule is CCC(C)N(CC)c1ccc(C#N)c(C)c1. The van der Waals surface area contributed by atoms with Crippen LogP contribution in [-0.4, -0.2) is 12.6 Å². The van der Waals surface area contributed by atoms with Crippen LogP contribution in [0.3, 0.4) is 0 Å². The van der Waals surface area contributed by atoms with Gasteiger partial charge in [0, 0.05) is 18.3 Å². The second kappa shape index (κ2) is 5.55. The molecule has 1 rings (SSSR count). The molecule has 0 saturated carbocycles. The molecule has 0 aliphatic rings. The molecule has 0 saturated heterocycles. The highest BCUT2D eigenvalue weighted by Crippen LogP contribution is 2.21. The maximum absolute atomic E-state index is 8.90. The minimum absolute atomic E-state index is 0.539. The van der Waals surface area contributed by atoms with Gasteiger partial charge in [-0.2, -0.15) is 5.26 Å². The number of hydrogen-bond donors (Lipinski definition) is 0. The summed E-state index contributed by atoms with van der Waals surface area (Å²) in [5.74, 6) is 0. The summed E-state index contributed by atoms with van der Waals surface area (Å²) in [5, 5.41) is 8.90. The molecule has 0 radical (unpaired) electrons. The molecule has 0 spiro atoms. The van der Waals surface area contributed by atoms with Crippen molar-refractivity contribution in [1.29, 1.82) is 5.26 Å². The predicted molar refractivity (Wildman–Crippen MR) is 68.7 cm³/mol. The van der Waals surface area contributed by atoms with Crippen molar-refractivity contribution in [2.75, 3.05) is 11.4 Å². The Morgan fingerprint density at radius 3 is 2.50 bits per heavy atom. The van der Waals surface area contributed by atoms with Gasteiger partial charge in [0.2, 0.25) is 0 Å². The lowest BCUT2D eigenvalue weighted by Gasteiger charge is -2.29. The smallest absolute Gasteiger partial charge is 0.0994 e. The highest BCUT2D eigenvalue weighted by molar-refractivity contribution is 5.54. The van der Waals surface area contributed by atoms with Gasteiger partial charge < -0.3 is 4.90 Å². The number of nitriles is 1. The molecule has 0 aromatic heterocycles. The summed E-state index contributed by atoms with van der Waals surface area (Å²) in [7, 11) is 0. The Balaban J connectivity index is 3.04. The van der Waals surface area contributed by atoms with Crippen molar-refractivity contribution < 1.29 is 0 Å². The van der Waals surface area contributed by atoms with E-state index in [2.05, 4.69) is 37.8 Å². The summed E-state index contributed by atoms with van der Waals surface area (Å²) in [6.45, 7) is 9.59. The number of benzene rings is 1. The lowest BCUT2D eigenvalue weighted by Crippen LogP contribution is -2.32. The zero-order valence-corrected chi connectivity index (χ0v) is 10.6. The van der Waals surface area contributed by atoms with Crippen LogP contribution >= 0.6 is 0 Å². The number of nitrogens with zero attached hydrogens (tertiary/aromatic N) is 2. The average molecular weight is 216 g/mol. The minimum Gasteiger partial charge on any atom is -0.369 e. The Hall–Kier alpha value is -1.49. The third-order valence-electron chi connectivity index (χ3n) is 3.13. The summed E-state index contributed by atoms with van der Waals surface area (Å²) >= 11 is 0. The summed E-state index contributed by atoms with van der Waals surface area (Å²) in [6, 6.07) is 8.80. The van der Waals surface area contributed by atoms with Crippen molar-refractivity contribution in [2.45, 2.75) is 40.2 Å². The van der Waals surface area contributed by atoms with E-state index in [9.17, 15) is 0 Å². The van der Waals surface area contributed by atoms with E-state index in [4.69, 9.17) is 5.26 Å². The third kappa shape index (κ3) is 2.55. The standard InChI is InChI=1S/C14H20N2/c1-5-12(4)16(6-2)14-8-7-13(10-15)11(3)9-14/h7-9,12H,5-6H2,1-4H3. The van der Waals surface area contributed by atoms with Gasteiger partial charge in [0.25, 0.3) is 0 Å². The minimum atomic E-state index is 0.539. The van der Waals surface area contributed by atoms with E-state index in [0.717, 1.165) is 24.1 Å². The maximum Gasteiger partial charge on any atom is 0.0994 e. The summed E-state index contributed by atoms with van der Waals surface area (Å²) in [5.41, 5.74) is 3.04. The van der Waals surface area contributed by atoms with Crippen LogP contribution in [-0.2, 0) is 0 Å². The summed E-state index contributed by atoms with van der Waals surface area (Å²) in [4.78, 5) is 2.37. The second-order valence-electron chi connectivity index (χ2n) is 4.15. The Labute approximate surface area is 98.5 Å². The average Bonchev–Trinajstić information content (AvgIpc) is 2.30. The van der Waals surface area contributed by atoms with E-state index in [0.29, 0.717) is 6.04 Å². The van der Waals surface area contributed by atoms with E-state index < -0.39 is 0 Å². The molecule has 2 heteroatoms. The molecule has 2 nitrogen and oxygen atoms in total. The molecule has 0 fully saturated rings. The molecule has 0 bridgehead atoms. The molecule has 0 heterocycles. The first kappa shape index (κ1) is 12.6. The fourth-order valence-corrected chi connectivity index (χ4v) is 1.92. The predicted octanol–water partition coefficient (Wildman–Crippen LogP) is 3.49. The van der Waals surface area contributed by atoms with Gasteiger partial charge in [-0.1, -0.05) is 6.92 Å². The van der Waals surface area contributed by atoms with Crippen molar-refractivity contribution in [3.05, 3.63) is 29.3 Å². The molecule has 86 valence electrons. The molecule has 1 unspecified atom stereocenters. The normalized spacial score (nSPS) is 11.9. The molecular weight excluding hydrogens is 196 g/mol. The lowest BCUT2D eigenvalue weighted by atomic mass is 10.1. The van der Waals surface area contributed by atoms with Crippen LogP contribution in [0, 0.1) is 18.3 Å². The van der Waals surface area contributed by atoms with Crippen LogP contribution in [0.1, 0.15) is 38.3 Å². The molecular formula is C14H20N2. The molecule has 0 aliphatic heterocycles. The molecule has 0 aliphatic carbocycles. The Morgan fingerprint density at radius 1 is 1.38 bits per heavy atom. The maximum atomic E-state index is 8.90. The number of anilines is 1. The fourth-order valence-electron chi connectivity index (χ4n) is 1.92. The molecule has 0 amide bonds. The highest BCUT2D eigenvalue weighted by atomic mass is 15.1. The first-order valence-corrected chi connectivity index (χ1v) is 5.91. The number of hydrogen-bond acceptors (Lipinski definition) is 2. The molecule has 1 atom stereocenters. The zero-order valence-electron chi connectivity index (χ0n) is 10.6. The summed E-state index contributed by atoms with van der Waals surface area (Å²) in [6.07, 6.45) is 1.13. The van der Waals surface area contributed by atoms with Crippen molar-refractivity contribution in [2.24, 2.45) is 0 Å². The monoisotopic (exact) mass is 216 g/mol. The topological polar surface area (TPSA) is 27.0 Å². The molecule has 0 N–H and O–H groups in total. The van der Waals surface area contributed by atoms with Crippen molar-refractivity contribution >= 4 is 5.69 Å². The van der Waals surface area contributed by atoms with Crippen LogP contribution in [0.25, 0.3) is 0 Å². The van der Waals surface area contributed by atoms with E-state index >= 15 is 0 Å². The zero-order chi connectivity index (χ0) is 12.1. The largest absolute Gasteiger partial charge is 0.369 e. The Bertz CT molecular complexity index is 390. The van der Waals surface area contributed by atoms with Gasteiger partial charge in [-0.05, 0) is 51.0 Å². The van der Waals surface area contributed by atoms with E-state index in [1.807, 2.05) is 19.1 Å². The first-order chi connectivity index (χ1) is 7.63. The Morgan fingerprint density at radius 2 is 2.06 bits per heavy atom. The van der Waals surface area contributed by atoms with E-state index in [1.54, 1.807) is 0 Å². The van der Waals surface area contributed by atoms with Crippen LogP contribution in [0.4, 0.5) is 5.69 Å². The van der Waals surface area contributed by atoms with Crippen LogP contribution in [0.15, 0.2) is 18.2 Å². The highest BCUT2D eigenvalue weighted by Gasteiger charge is 2.11. The quantitative estimate of drug-likeness (QED) is 0.770. The number of rotatable bonds is 4. The number of aryl methyl sites for hydroxylation is 1. The van der Waals surface area contributed by atoms with Crippen LogP contribution in [0.2, 0.25) is 0 Å². The van der Waals surface area contributed by atoms with Gasteiger partial charge in [-0.3, -0.25) is 0 Å². The Kier molecular flexibility index (Phi) is 4.37. The summed E-state index contributed by atoms with van der Waals surface area (Å²) < 4.78 is 0. The van der Waals surface area contributed by atoms with Gasteiger partial charge in [0.1, 0.15) is 0 Å². The van der Waals surface area contributed by atoms with Crippen LogP contribution < -0.4 is 4.90 Å². The molecule has 1 aromatic rings. The van der Waals surface area contributed by atoms with Crippen LogP contribution in [0.5, 0.6) is 0 Å². The van der Waals surface area contributed by atoms with Crippen molar-refractivity contribution in [1.82, 2.24) is 0 Å². The second-order valence-corrected chi connectivity index (χ2v) is 4.15. The molecule has 16 heavy (non-hydrogen) atoms. The van der Waals surface area contributed by atoms with Crippen molar-refractivity contribution in [3.8, 4) is 6.07 Å². The van der Waals surface area contributed by atoms with E-state index in [1.165, 1.54) is 5.69 Å². The van der Waals surface area contributed by atoms with E-state index in [-0.39, 0.29) is 0 Å². The lowest BCUT2D eigenvalue weighted by molar-refractivity contribution is 0.630. The van der Waals surface area contributed by atoms with Gasteiger partial charge in [0.05, 0.1) is 11.6 Å². The van der Waals surface area contributed by atoms with Gasteiger partial charge in [-0.25, -0.2) is 0 Å². The van der Waals surface area contributed by atoms with Crippen molar-refractivity contribution in [3.63, 3.8) is 0 Å².